The minimum Gasteiger partial charge on any atom is -0.388 e. The molecule has 0 bridgehead atoms. The van der Waals surface area contributed by atoms with E-state index in [0.717, 1.165) is 18.2 Å². The molecule has 0 saturated heterocycles. The van der Waals surface area contributed by atoms with Crippen LogP contribution in [0.25, 0.3) is 0 Å². The van der Waals surface area contributed by atoms with Crippen LogP contribution in [0.4, 0.5) is 13.2 Å². The lowest BCUT2D eigenvalue weighted by molar-refractivity contribution is -0.137. The number of benzene rings is 1. The highest BCUT2D eigenvalue weighted by atomic mass is 79.9. The normalized spacial score (nSPS) is 14.8. The van der Waals surface area contributed by atoms with E-state index in [0.29, 0.717) is 0 Å². The summed E-state index contributed by atoms with van der Waals surface area (Å²) in [5.41, 5.74) is -1.03. The highest BCUT2D eigenvalue weighted by Gasteiger charge is 2.32. The average molecular weight is 356 g/mol. The molecule has 20 heavy (non-hydrogen) atoms. The lowest BCUT2D eigenvalue weighted by Crippen LogP contribution is -2.34. The van der Waals surface area contributed by atoms with Gasteiger partial charge in [-0.3, -0.25) is 4.79 Å². The first-order valence-electron chi connectivity index (χ1n) is 5.60. The van der Waals surface area contributed by atoms with E-state index in [2.05, 4.69) is 21.2 Å². The van der Waals surface area contributed by atoms with E-state index >= 15 is 0 Å². The Morgan fingerprint density at radius 3 is 2.50 bits per heavy atom. The van der Waals surface area contributed by atoms with Crippen LogP contribution in [0, 0.1) is 0 Å². The Hall–Kier alpha value is -1.12. The Kier molecular flexibility index (Phi) is 5.55. The highest BCUT2D eigenvalue weighted by molar-refractivity contribution is 9.10. The molecule has 0 aliphatic carbocycles. The third-order valence-electron chi connectivity index (χ3n) is 2.57. The molecule has 0 aromatic heterocycles. The fourth-order valence-corrected chi connectivity index (χ4v) is 2.00. The molecular formula is C12H13BrF3NO3. The average Bonchev–Trinajstić information content (AvgIpc) is 2.34. The first kappa shape index (κ1) is 16.9. The van der Waals surface area contributed by atoms with Crippen LogP contribution >= 0.6 is 15.9 Å². The van der Waals surface area contributed by atoms with Crippen LogP contribution in [-0.2, 0) is 11.0 Å². The van der Waals surface area contributed by atoms with Crippen LogP contribution in [-0.4, -0.2) is 28.8 Å². The molecule has 1 aromatic carbocycles. The molecule has 2 unspecified atom stereocenters. The Morgan fingerprint density at radius 1 is 1.40 bits per heavy atom. The predicted octanol–water partition coefficient (Wildman–Crippen LogP) is 2.00. The van der Waals surface area contributed by atoms with Crippen LogP contribution in [0.2, 0.25) is 0 Å². The van der Waals surface area contributed by atoms with Crippen molar-refractivity contribution < 1.29 is 28.2 Å². The van der Waals surface area contributed by atoms with Gasteiger partial charge in [0.05, 0.1) is 5.56 Å². The number of carbonyl (C=O) groups is 1. The molecule has 3 N–H and O–H groups in total. The van der Waals surface area contributed by atoms with Crippen LogP contribution in [0.3, 0.4) is 0 Å². The molecule has 112 valence electrons. The lowest BCUT2D eigenvalue weighted by atomic mass is 10.0. The first-order valence-corrected chi connectivity index (χ1v) is 6.39. The molecule has 4 nitrogen and oxygen atoms in total. The SMILES string of the molecule is CC(=O)NCC(O)C(O)c1cc(C(F)(F)F)ccc1Br. The largest absolute Gasteiger partial charge is 0.416 e. The van der Waals surface area contributed by atoms with E-state index in [4.69, 9.17) is 0 Å². The first-order chi connectivity index (χ1) is 9.12. The van der Waals surface area contributed by atoms with E-state index in [1.54, 1.807) is 0 Å². The van der Waals surface area contributed by atoms with Crippen molar-refractivity contribution >= 4 is 21.8 Å². The fourth-order valence-electron chi connectivity index (χ4n) is 1.51. The smallest absolute Gasteiger partial charge is 0.388 e. The van der Waals surface area contributed by atoms with E-state index in [9.17, 15) is 28.2 Å². The van der Waals surface area contributed by atoms with Crippen molar-refractivity contribution in [1.82, 2.24) is 5.32 Å². The molecule has 0 saturated carbocycles. The summed E-state index contributed by atoms with van der Waals surface area (Å²) in [6, 6.07) is 2.76. The second kappa shape index (κ2) is 6.55. The van der Waals surface area contributed by atoms with Crippen molar-refractivity contribution in [1.29, 1.82) is 0 Å². The molecule has 0 aliphatic rings. The van der Waals surface area contributed by atoms with Gasteiger partial charge in [0.1, 0.15) is 12.2 Å². The van der Waals surface area contributed by atoms with Gasteiger partial charge >= 0.3 is 6.18 Å². The summed E-state index contributed by atoms with van der Waals surface area (Å²) in [5, 5.41) is 21.8. The van der Waals surface area contributed by atoms with E-state index in [1.165, 1.54) is 6.92 Å². The van der Waals surface area contributed by atoms with Crippen molar-refractivity contribution in [3.63, 3.8) is 0 Å². The molecule has 1 rings (SSSR count). The maximum Gasteiger partial charge on any atom is 0.416 e. The van der Waals surface area contributed by atoms with Crippen molar-refractivity contribution in [2.24, 2.45) is 0 Å². The summed E-state index contributed by atoms with van der Waals surface area (Å²) in [5.74, 6) is -0.417. The molecule has 1 aromatic rings. The number of nitrogens with one attached hydrogen (secondary N) is 1. The molecule has 2 atom stereocenters. The van der Waals surface area contributed by atoms with Gasteiger partial charge in [-0.15, -0.1) is 0 Å². The van der Waals surface area contributed by atoms with Gasteiger partial charge < -0.3 is 15.5 Å². The van der Waals surface area contributed by atoms with Gasteiger partial charge in [0.25, 0.3) is 0 Å². The monoisotopic (exact) mass is 355 g/mol. The Balaban J connectivity index is 2.97. The van der Waals surface area contributed by atoms with Crippen LogP contribution in [0.1, 0.15) is 24.2 Å². The predicted molar refractivity (Wildman–Crippen MR) is 68.8 cm³/mol. The molecule has 0 heterocycles. The van der Waals surface area contributed by atoms with E-state index in [-0.39, 0.29) is 16.6 Å². The number of halogens is 4. The summed E-state index contributed by atoms with van der Waals surface area (Å²) in [7, 11) is 0. The maximum absolute atomic E-state index is 12.6. The quantitative estimate of drug-likeness (QED) is 0.773. The van der Waals surface area contributed by atoms with Gasteiger partial charge in [-0.1, -0.05) is 15.9 Å². The third-order valence-corrected chi connectivity index (χ3v) is 3.29. The molecule has 0 aliphatic heterocycles. The summed E-state index contributed by atoms with van der Waals surface area (Å²) in [4.78, 5) is 10.7. The Bertz CT molecular complexity index is 493. The number of amides is 1. The zero-order chi connectivity index (χ0) is 15.5. The van der Waals surface area contributed by atoms with Crippen LogP contribution < -0.4 is 5.32 Å². The van der Waals surface area contributed by atoms with E-state index < -0.39 is 29.9 Å². The number of rotatable bonds is 4. The molecule has 0 radical (unpaired) electrons. The number of carbonyl (C=O) groups excluding carboxylic acids is 1. The van der Waals surface area contributed by atoms with Gasteiger partial charge in [-0.25, -0.2) is 0 Å². The zero-order valence-electron chi connectivity index (χ0n) is 10.4. The highest BCUT2D eigenvalue weighted by Crippen LogP contribution is 2.34. The summed E-state index contributed by atoms with van der Waals surface area (Å²) in [6.07, 6.45) is -7.52. The van der Waals surface area contributed by atoms with Crippen molar-refractivity contribution in [3.05, 3.63) is 33.8 Å². The number of hydrogen-bond donors (Lipinski definition) is 3. The molecule has 0 fully saturated rings. The minimum absolute atomic E-state index is 0.0994. The summed E-state index contributed by atoms with van der Waals surface area (Å²) in [6.45, 7) is 0.957. The van der Waals surface area contributed by atoms with Gasteiger partial charge in [-0.05, 0) is 23.8 Å². The van der Waals surface area contributed by atoms with Gasteiger partial charge in [0, 0.05) is 17.9 Å². The third kappa shape index (κ3) is 4.46. The standard InChI is InChI=1S/C12H13BrF3NO3/c1-6(18)17-5-10(19)11(20)8-4-7(12(14,15)16)2-3-9(8)13/h2-4,10-11,19-20H,5H2,1H3,(H,17,18). The van der Waals surface area contributed by atoms with Gasteiger partial charge in [0.2, 0.25) is 5.91 Å². The summed E-state index contributed by atoms with van der Waals surface area (Å²) >= 11 is 3.02. The molecule has 1 amide bonds. The maximum atomic E-state index is 12.6. The van der Waals surface area contributed by atoms with Gasteiger partial charge in [0.15, 0.2) is 0 Å². The van der Waals surface area contributed by atoms with Gasteiger partial charge in [-0.2, -0.15) is 13.2 Å². The molecule has 0 spiro atoms. The second-order valence-electron chi connectivity index (χ2n) is 4.18. The van der Waals surface area contributed by atoms with Crippen molar-refractivity contribution in [2.75, 3.05) is 6.54 Å². The van der Waals surface area contributed by atoms with Crippen LogP contribution in [0.5, 0.6) is 0 Å². The number of aliphatic hydroxyl groups excluding tert-OH is 2. The number of hydrogen-bond acceptors (Lipinski definition) is 3. The molecule has 8 heteroatoms. The zero-order valence-corrected chi connectivity index (χ0v) is 12.0. The number of alkyl halides is 3. The van der Waals surface area contributed by atoms with Crippen LogP contribution in [0.15, 0.2) is 22.7 Å². The Morgan fingerprint density at radius 2 is 2.00 bits per heavy atom. The van der Waals surface area contributed by atoms with E-state index in [1.807, 2.05) is 0 Å². The summed E-state index contributed by atoms with van der Waals surface area (Å²) < 4.78 is 38.0. The minimum atomic E-state index is -4.54. The Labute approximate surface area is 121 Å². The number of aliphatic hydroxyl groups is 2. The molecular weight excluding hydrogens is 343 g/mol. The van der Waals surface area contributed by atoms with Crippen molar-refractivity contribution in [3.8, 4) is 0 Å². The fraction of sp³-hybridized carbons (Fsp3) is 0.417. The topological polar surface area (TPSA) is 69.6 Å². The second-order valence-corrected chi connectivity index (χ2v) is 5.04. The lowest BCUT2D eigenvalue weighted by Gasteiger charge is -2.20. The van der Waals surface area contributed by atoms with Crippen molar-refractivity contribution in [2.45, 2.75) is 25.3 Å².